The lowest BCUT2D eigenvalue weighted by molar-refractivity contribution is -0.127. The zero-order valence-corrected chi connectivity index (χ0v) is 18.9. The van der Waals surface area contributed by atoms with E-state index in [1.807, 2.05) is 0 Å². The van der Waals surface area contributed by atoms with Gasteiger partial charge in [-0.15, -0.1) is 11.3 Å². The van der Waals surface area contributed by atoms with E-state index in [2.05, 4.69) is 5.32 Å². The quantitative estimate of drug-likeness (QED) is 0.740. The second-order valence-corrected chi connectivity index (χ2v) is 13.4. The Morgan fingerprint density at radius 2 is 1.72 bits per heavy atom. The highest BCUT2D eigenvalue weighted by molar-refractivity contribution is 7.91. The van der Waals surface area contributed by atoms with E-state index in [4.69, 9.17) is 11.6 Å². The third-order valence-electron chi connectivity index (χ3n) is 7.89. The van der Waals surface area contributed by atoms with Gasteiger partial charge in [0.25, 0.3) is 10.0 Å². The molecular formula is C21H29ClN2O3S2. The molecule has 1 aromatic rings. The molecule has 5 nitrogen and oxygen atoms in total. The van der Waals surface area contributed by atoms with Crippen molar-refractivity contribution in [1.29, 1.82) is 0 Å². The fraction of sp³-hybridized carbons (Fsp3) is 0.762. The zero-order valence-electron chi connectivity index (χ0n) is 16.6. The predicted molar refractivity (Wildman–Crippen MR) is 114 cm³/mol. The number of hydrogen-bond acceptors (Lipinski definition) is 4. The Bertz CT molecular complexity index is 878. The number of hydrogen-bond donors (Lipinski definition) is 1. The van der Waals surface area contributed by atoms with Gasteiger partial charge in [0.15, 0.2) is 0 Å². The van der Waals surface area contributed by atoms with Gasteiger partial charge in [-0.3, -0.25) is 4.79 Å². The van der Waals surface area contributed by atoms with Gasteiger partial charge < -0.3 is 5.32 Å². The first-order chi connectivity index (χ1) is 13.9. The summed E-state index contributed by atoms with van der Waals surface area (Å²) in [5.74, 6) is 3.40. The summed E-state index contributed by atoms with van der Waals surface area (Å²) in [7, 11) is -3.50. The topological polar surface area (TPSA) is 66.5 Å². The van der Waals surface area contributed by atoms with Crippen molar-refractivity contribution in [1.82, 2.24) is 9.62 Å². The molecule has 8 heteroatoms. The Labute approximate surface area is 182 Å². The first kappa shape index (κ1) is 20.3. The van der Waals surface area contributed by atoms with E-state index in [1.165, 1.54) is 36.4 Å². The fourth-order valence-corrected chi connectivity index (χ4v) is 9.56. The lowest BCUT2D eigenvalue weighted by Gasteiger charge is -2.35. The van der Waals surface area contributed by atoms with E-state index >= 15 is 0 Å². The first-order valence-electron chi connectivity index (χ1n) is 11.0. The average Bonchev–Trinajstić information content (AvgIpc) is 3.24. The largest absolute Gasteiger partial charge is 0.353 e. The lowest BCUT2D eigenvalue weighted by atomic mass is 9.77. The number of sulfonamides is 1. The van der Waals surface area contributed by atoms with E-state index in [-0.39, 0.29) is 16.0 Å². The van der Waals surface area contributed by atoms with Gasteiger partial charge in [0.05, 0.1) is 4.34 Å². The number of nitrogens with one attached hydrogen (secondary N) is 1. The third kappa shape index (κ3) is 3.88. The summed E-state index contributed by atoms with van der Waals surface area (Å²) >= 11 is 6.99. The van der Waals surface area contributed by atoms with Crippen LogP contribution in [0.3, 0.4) is 0 Å². The summed E-state index contributed by atoms with van der Waals surface area (Å²) < 4.78 is 27.8. The maximum absolute atomic E-state index is 13.0. The molecule has 1 amide bonds. The van der Waals surface area contributed by atoms with E-state index in [1.54, 1.807) is 12.1 Å². The predicted octanol–water partition coefficient (Wildman–Crippen LogP) is 4.13. The number of carbonyl (C=O) groups excluding carboxylic acids is 1. The number of nitrogens with zero attached hydrogens (tertiary/aromatic N) is 1. The molecule has 160 valence electrons. The van der Waals surface area contributed by atoms with Crippen LogP contribution in [0.1, 0.15) is 51.4 Å². The molecule has 3 saturated carbocycles. The molecule has 3 bridgehead atoms. The molecule has 5 rings (SSSR count). The van der Waals surface area contributed by atoms with Gasteiger partial charge in [-0.2, -0.15) is 4.31 Å². The minimum atomic E-state index is -3.50. The van der Waals surface area contributed by atoms with Gasteiger partial charge in [-0.05, 0) is 87.2 Å². The van der Waals surface area contributed by atoms with Gasteiger partial charge >= 0.3 is 0 Å². The van der Waals surface area contributed by atoms with Crippen molar-refractivity contribution in [2.24, 2.45) is 29.6 Å². The maximum atomic E-state index is 13.0. The molecule has 4 aliphatic rings. The number of halogens is 1. The summed E-state index contributed by atoms with van der Waals surface area (Å²) in [5, 5.41) is 3.39. The molecular weight excluding hydrogens is 428 g/mol. The highest BCUT2D eigenvalue weighted by Gasteiger charge is 2.46. The highest BCUT2D eigenvalue weighted by Crippen LogP contribution is 2.53. The monoisotopic (exact) mass is 456 g/mol. The van der Waals surface area contributed by atoms with Crippen molar-refractivity contribution in [3.63, 3.8) is 0 Å². The van der Waals surface area contributed by atoms with Crippen LogP contribution < -0.4 is 5.32 Å². The SMILES string of the molecule is O=C(NC1CCC2CC3CC2CC1C3)C1CCN(S(=O)(=O)c2ccc(Cl)s2)CC1. The fourth-order valence-electron chi connectivity index (χ4n) is 6.46. The Hall–Kier alpha value is -0.630. The van der Waals surface area contributed by atoms with Gasteiger partial charge in [0.1, 0.15) is 4.21 Å². The average molecular weight is 457 g/mol. The van der Waals surface area contributed by atoms with Crippen LogP contribution >= 0.6 is 22.9 Å². The standard InChI is InChI=1S/C21H29ClN2O3S2/c22-19-3-4-20(28-19)29(26,27)24-7-5-14(6-8-24)21(25)23-18-2-1-15-9-13-10-16(15)12-17(18)11-13/h3-4,13-18H,1-2,5-12H2,(H,23,25). The molecule has 3 aliphatic carbocycles. The number of piperidine rings is 1. The van der Waals surface area contributed by atoms with Crippen molar-refractivity contribution < 1.29 is 13.2 Å². The molecule has 1 aromatic heterocycles. The molecule has 1 aliphatic heterocycles. The van der Waals surface area contributed by atoms with Crippen LogP contribution in [0.15, 0.2) is 16.3 Å². The van der Waals surface area contributed by atoms with Crippen LogP contribution in [0.4, 0.5) is 0 Å². The summed E-state index contributed by atoms with van der Waals surface area (Å²) in [4.78, 5) is 13.0. The van der Waals surface area contributed by atoms with Crippen molar-refractivity contribution in [2.45, 2.75) is 61.6 Å². The third-order valence-corrected chi connectivity index (χ3v) is 11.5. The summed E-state index contributed by atoms with van der Waals surface area (Å²) in [6.45, 7) is 0.798. The summed E-state index contributed by atoms with van der Waals surface area (Å²) in [5.41, 5.74) is 0. The minimum absolute atomic E-state index is 0.0782. The van der Waals surface area contributed by atoms with Crippen LogP contribution in [0, 0.1) is 29.6 Å². The van der Waals surface area contributed by atoms with Crippen molar-refractivity contribution in [2.75, 3.05) is 13.1 Å². The Balaban J connectivity index is 1.18. The molecule has 1 saturated heterocycles. The van der Waals surface area contributed by atoms with Crippen LogP contribution in [0.2, 0.25) is 4.34 Å². The maximum Gasteiger partial charge on any atom is 0.252 e. The van der Waals surface area contributed by atoms with E-state index in [0.717, 1.165) is 35.5 Å². The first-order valence-corrected chi connectivity index (χ1v) is 13.6. The number of rotatable bonds is 4. The lowest BCUT2D eigenvalue weighted by Crippen LogP contribution is -2.47. The van der Waals surface area contributed by atoms with E-state index in [0.29, 0.717) is 42.2 Å². The van der Waals surface area contributed by atoms with Crippen molar-refractivity contribution >= 4 is 38.9 Å². The molecule has 0 aromatic carbocycles. The van der Waals surface area contributed by atoms with Crippen molar-refractivity contribution in [3.05, 3.63) is 16.5 Å². The molecule has 0 spiro atoms. The normalized spacial score (nSPS) is 35.6. The Morgan fingerprint density at radius 3 is 2.45 bits per heavy atom. The second-order valence-electron chi connectivity index (χ2n) is 9.52. The van der Waals surface area contributed by atoms with Crippen LogP contribution in [0.5, 0.6) is 0 Å². The van der Waals surface area contributed by atoms with Crippen LogP contribution in [-0.4, -0.2) is 37.8 Å². The molecule has 2 heterocycles. The number of amides is 1. The molecule has 0 radical (unpaired) electrons. The minimum Gasteiger partial charge on any atom is -0.353 e. The molecule has 5 unspecified atom stereocenters. The van der Waals surface area contributed by atoms with Gasteiger partial charge in [-0.1, -0.05) is 11.6 Å². The highest BCUT2D eigenvalue weighted by atomic mass is 35.5. The molecule has 5 atom stereocenters. The van der Waals surface area contributed by atoms with E-state index in [9.17, 15) is 13.2 Å². The molecule has 29 heavy (non-hydrogen) atoms. The number of carbonyl (C=O) groups is 1. The van der Waals surface area contributed by atoms with Gasteiger partial charge in [0.2, 0.25) is 5.91 Å². The molecule has 1 N–H and O–H groups in total. The summed E-state index contributed by atoms with van der Waals surface area (Å²) in [6, 6.07) is 3.51. The Morgan fingerprint density at radius 1 is 1.00 bits per heavy atom. The summed E-state index contributed by atoms with van der Waals surface area (Å²) in [6.07, 6.45) is 9.00. The second kappa shape index (κ2) is 7.81. The van der Waals surface area contributed by atoms with Gasteiger partial charge in [-0.25, -0.2) is 8.42 Å². The zero-order chi connectivity index (χ0) is 20.2. The molecule has 4 fully saturated rings. The number of fused-ring (bicyclic) bond motifs is 2. The van der Waals surface area contributed by atoms with Crippen LogP contribution in [0.25, 0.3) is 0 Å². The van der Waals surface area contributed by atoms with Crippen molar-refractivity contribution in [3.8, 4) is 0 Å². The van der Waals surface area contributed by atoms with Crippen LogP contribution in [-0.2, 0) is 14.8 Å². The Kier molecular flexibility index (Phi) is 5.46. The van der Waals surface area contributed by atoms with E-state index < -0.39 is 10.0 Å². The number of thiophene rings is 1. The van der Waals surface area contributed by atoms with Gasteiger partial charge in [0, 0.05) is 25.0 Å². The smallest absolute Gasteiger partial charge is 0.252 e.